The maximum Gasteiger partial charge on any atom is 0.408 e. The van der Waals surface area contributed by atoms with E-state index in [9.17, 15) is 32.6 Å². The van der Waals surface area contributed by atoms with Crippen LogP contribution in [0, 0.1) is 0 Å². The Morgan fingerprint density at radius 1 is 1.09 bits per heavy atom. The minimum absolute atomic E-state index is 0.00445. The van der Waals surface area contributed by atoms with Gasteiger partial charge in [0.05, 0.1) is 12.0 Å². The van der Waals surface area contributed by atoms with Crippen molar-refractivity contribution in [2.24, 2.45) is 0 Å². The van der Waals surface area contributed by atoms with Gasteiger partial charge in [-0.3, -0.25) is 4.57 Å². The number of nitrogens with one attached hydrogen (secondary N) is 1. The third-order valence-corrected chi connectivity index (χ3v) is 7.81. The molecule has 180 valence electrons. The van der Waals surface area contributed by atoms with Crippen LogP contribution in [0.5, 0.6) is 0 Å². The van der Waals surface area contributed by atoms with Gasteiger partial charge in [0.25, 0.3) is 0 Å². The van der Waals surface area contributed by atoms with Crippen LogP contribution in [0.4, 0.5) is 4.79 Å². The molecule has 10 nitrogen and oxygen atoms in total. The second-order valence-corrected chi connectivity index (χ2v) is 11.7. The van der Waals surface area contributed by atoms with Gasteiger partial charge in [-0.05, 0) is 29.7 Å². The lowest BCUT2D eigenvalue weighted by molar-refractivity contribution is -0.143. The molecule has 0 spiro atoms. The Bertz CT molecular complexity index is 1100. The fourth-order valence-corrected chi connectivity index (χ4v) is 5.00. The Balaban J connectivity index is 2.00. The highest BCUT2D eigenvalue weighted by molar-refractivity contribution is 7.90. The second kappa shape index (κ2) is 11.4. The number of aliphatic hydroxyl groups excluding tert-OH is 1. The predicted molar refractivity (Wildman–Crippen MR) is 119 cm³/mol. The van der Waals surface area contributed by atoms with Crippen LogP contribution in [0.25, 0.3) is 0 Å². The lowest BCUT2D eigenvalue weighted by Crippen LogP contribution is -2.42. The monoisotopic (exact) mass is 499 g/mol. The summed E-state index contributed by atoms with van der Waals surface area (Å²) in [5, 5.41) is 12.6. The van der Waals surface area contributed by atoms with Gasteiger partial charge in [0.15, 0.2) is 15.7 Å². The van der Waals surface area contributed by atoms with Crippen LogP contribution in [-0.4, -0.2) is 56.0 Å². The van der Waals surface area contributed by atoms with Gasteiger partial charge in [-0.15, -0.1) is 0 Å². The van der Waals surface area contributed by atoms with Gasteiger partial charge in [0.1, 0.15) is 12.6 Å². The molecule has 12 heteroatoms. The number of aliphatic hydroxyl groups is 1. The van der Waals surface area contributed by atoms with Gasteiger partial charge in [0, 0.05) is 12.4 Å². The van der Waals surface area contributed by atoms with Gasteiger partial charge in [-0.1, -0.05) is 42.5 Å². The molecule has 0 aliphatic carbocycles. The largest absolute Gasteiger partial charge is 0.467 e. The summed E-state index contributed by atoms with van der Waals surface area (Å²) >= 11 is 0. The van der Waals surface area contributed by atoms with E-state index in [-0.39, 0.29) is 23.5 Å². The summed E-state index contributed by atoms with van der Waals surface area (Å²) < 4.78 is 45.5. The highest BCUT2D eigenvalue weighted by Gasteiger charge is 2.33. The Kier molecular flexibility index (Phi) is 9.18. The first kappa shape index (κ1) is 26.5. The molecule has 2 aromatic carbocycles. The summed E-state index contributed by atoms with van der Waals surface area (Å²) in [5.74, 6) is -2.66. The molecule has 0 bridgehead atoms. The van der Waals surface area contributed by atoms with Gasteiger partial charge in [-0.2, -0.15) is 0 Å². The Morgan fingerprint density at radius 3 is 2.24 bits per heavy atom. The number of hydrogen-bond donors (Lipinski definition) is 3. The number of methoxy groups -OCH3 is 1. The van der Waals surface area contributed by atoms with E-state index in [0.717, 1.165) is 18.9 Å². The topological polar surface area (TPSA) is 156 Å². The Labute approximate surface area is 191 Å². The lowest BCUT2D eigenvalue weighted by Gasteiger charge is -2.21. The molecule has 1 amide bonds. The number of alkyl carbamates (subject to hydrolysis) is 1. The summed E-state index contributed by atoms with van der Waals surface area (Å²) in [6, 6.07) is 12.5. The van der Waals surface area contributed by atoms with E-state index in [1.165, 1.54) is 24.3 Å². The van der Waals surface area contributed by atoms with E-state index in [1.807, 2.05) is 0 Å². The highest BCUT2D eigenvalue weighted by Crippen LogP contribution is 2.54. The molecule has 0 aromatic heterocycles. The maximum absolute atomic E-state index is 12.7. The average Bonchev–Trinajstić information content (AvgIpc) is 2.79. The van der Waals surface area contributed by atoms with E-state index >= 15 is 0 Å². The first-order valence-corrected chi connectivity index (χ1v) is 13.6. The highest BCUT2D eigenvalue weighted by atomic mass is 32.2. The van der Waals surface area contributed by atoms with Crippen molar-refractivity contribution in [1.29, 1.82) is 0 Å². The predicted octanol–water partition coefficient (Wildman–Crippen LogP) is 2.21. The Morgan fingerprint density at radius 2 is 1.70 bits per heavy atom. The number of sulfone groups is 1. The fourth-order valence-electron chi connectivity index (χ4n) is 2.85. The molecule has 0 saturated carbocycles. The van der Waals surface area contributed by atoms with Crippen LogP contribution in [0.15, 0.2) is 59.5 Å². The molecule has 0 saturated heterocycles. The van der Waals surface area contributed by atoms with E-state index in [1.54, 1.807) is 30.3 Å². The third kappa shape index (κ3) is 7.97. The molecule has 33 heavy (non-hydrogen) atoms. The molecule has 0 fully saturated rings. The van der Waals surface area contributed by atoms with Crippen LogP contribution in [-0.2, 0) is 35.3 Å². The number of rotatable bonds is 10. The van der Waals surface area contributed by atoms with E-state index in [2.05, 4.69) is 10.1 Å². The van der Waals surface area contributed by atoms with Crippen molar-refractivity contribution in [3.8, 4) is 0 Å². The zero-order valence-corrected chi connectivity index (χ0v) is 19.8. The third-order valence-electron chi connectivity index (χ3n) is 4.72. The first-order chi connectivity index (χ1) is 15.4. The zero-order chi connectivity index (χ0) is 24.6. The molecule has 0 aliphatic heterocycles. The molecule has 2 aromatic rings. The zero-order valence-electron chi connectivity index (χ0n) is 18.1. The van der Waals surface area contributed by atoms with Gasteiger partial charge in [-0.25, -0.2) is 18.0 Å². The maximum atomic E-state index is 12.7. The number of carbonyl (C=O) groups is 2. The van der Waals surface area contributed by atoms with Crippen molar-refractivity contribution in [2.75, 3.05) is 19.5 Å². The quantitative estimate of drug-likeness (QED) is 0.329. The van der Waals surface area contributed by atoms with Crippen LogP contribution in [0.1, 0.15) is 23.4 Å². The van der Waals surface area contributed by atoms with Gasteiger partial charge in [0.2, 0.25) is 7.37 Å². The average molecular weight is 499 g/mol. The standard InChI is InChI=1S/C21H26NO9PS/c1-30-19(23)18(22-21(25)31-14-15-6-4-3-5-7-15)12-13-32(26,27)20(24)16-8-10-17(11-9-16)33(2,28)29/h3-11,18,20,24H,12-14H2,1-2H3,(H,22,25)(H,26,27)/t18-,20?/m0/s1. The van der Waals surface area contributed by atoms with Crippen LogP contribution in [0.3, 0.4) is 0 Å². The van der Waals surface area contributed by atoms with Crippen molar-refractivity contribution in [2.45, 2.75) is 29.8 Å². The van der Waals surface area contributed by atoms with Crippen molar-refractivity contribution in [3.05, 3.63) is 65.7 Å². The SMILES string of the molecule is COC(=O)[C@H](CCP(=O)(O)C(O)c1ccc(S(C)(=O)=O)cc1)NC(=O)OCc1ccccc1. The molecule has 0 heterocycles. The van der Waals surface area contributed by atoms with E-state index in [0.29, 0.717) is 0 Å². The summed E-state index contributed by atoms with van der Waals surface area (Å²) in [4.78, 5) is 34.4. The molecule has 0 radical (unpaired) electrons. The smallest absolute Gasteiger partial charge is 0.408 e. The molecular formula is C21H26NO9PS. The molecule has 2 rings (SSSR count). The molecule has 2 unspecified atom stereocenters. The van der Waals surface area contributed by atoms with Crippen molar-refractivity contribution < 1.29 is 42.0 Å². The number of esters is 1. The van der Waals surface area contributed by atoms with Crippen molar-refractivity contribution >= 4 is 29.3 Å². The second-order valence-electron chi connectivity index (χ2n) is 7.26. The summed E-state index contributed by atoms with van der Waals surface area (Å²) in [5.41, 5.74) is 0.769. The molecular weight excluding hydrogens is 473 g/mol. The summed E-state index contributed by atoms with van der Waals surface area (Å²) in [6.45, 7) is -0.0404. The summed E-state index contributed by atoms with van der Waals surface area (Å²) in [7, 11) is -6.63. The normalized spacial score (nSPS) is 15.0. The molecule has 3 atom stereocenters. The van der Waals surface area contributed by atoms with Crippen LogP contribution in [0.2, 0.25) is 0 Å². The number of benzene rings is 2. The summed E-state index contributed by atoms with van der Waals surface area (Å²) in [6.07, 6.45) is -0.737. The number of amides is 1. The minimum atomic E-state index is -4.27. The van der Waals surface area contributed by atoms with Gasteiger partial charge < -0.3 is 24.8 Å². The van der Waals surface area contributed by atoms with Crippen LogP contribution < -0.4 is 5.32 Å². The first-order valence-electron chi connectivity index (χ1n) is 9.78. The van der Waals surface area contributed by atoms with Crippen molar-refractivity contribution in [1.82, 2.24) is 5.32 Å². The van der Waals surface area contributed by atoms with Gasteiger partial charge >= 0.3 is 12.1 Å². The molecule has 0 aliphatic rings. The number of carbonyl (C=O) groups excluding carboxylic acids is 2. The fraction of sp³-hybridized carbons (Fsp3) is 0.333. The minimum Gasteiger partial charge on any atom is -0.467 e. The Hall–Kier alpha value is -2.72. The van der Waals surface area contributed by atoms with Crippen LogP contribution >= 0.6 is 7.37 Å². The lowest BCUT2D eigenvalue weighted by atomic mass is 10.2. The number of hydrogen-bond acceptors (Lipinski definition) is 8. The van der Waals surface area contributed by atoms with E-state index < -0.39 is 47.3 Å². The van der Waals surface area contributed by atoms with Crippen molar-refractivity contribution in [3.63, 3.8) is 0 Å². The number of ether oxygens (including phenoxy) is 2. The van der Waals surface area contributed by atoms with E-state index in [4.69, 9.17) is 4.74 Å². The molecule has 3 N–H and O–H groups in total.